The van der Waals surface area contributed by atoms with Gasteiger partial charge in [0, 0.05) is 19.0 Å². The summed E-state index contributed by atoms with van der Waals surface area (Å²) in [6, 6.07) is 4.94. The number of hydrogen-bond donors (Lipinski definition) is 1. The van der Waals surface area contributed by atoms with Crippen molar-refractivity contribution in [3.8, 4) is 0 Å². The normalized spacial score (nSPS) is 17.7. The van der Waals surface area contributed by atoms with Gasteiger partial charge in [0.05, 0.1) is 0 Å². The Morgan fingerprint density at radius 1 is 1.21 bits per heavy atom. The molecule has 0 saturated carbocycles. The number of nitrogens with one attached hydrogen (secondary N) is 1. The minimum Gasteiger partial charge on any atom is -0.347 e. The molecule has 0 aromatic heterocycles. The molecule has 0 unspecified atom stereocenters. The molecule has 134 valence electrons. The molecule has 1 aliphatic rings. The molecule has 1 N–H and O–H groups in total. The summed E-state index contributed by atoms with van der Waals surface area (Å²) < 4.78 is 75.7. The number of amides is 1. The third kappa shape index (κ3) is 4.44. The van der Waals surface area contributed by atoms with Crippen LogP contribution in [-0.2, 0) is 14.8 Å². The molecular weight excluding hydrogens is 352 g/mol. The van der Waals surface area contributed by atoms with Crippen LogP contribution in [0.5, 0.6) is 0 Å². The fourth-order valence-electron chi connectivity index (χ4n) is 2.48. The average Bonchev–Trinajstić information content (AvgIpc) is 2.52. The zero-order valence-electron chi connectivity index (χ0n) is 12.5. The smallest absolute Gasteiger partial charge is 0.347 e. The summed E-state index contributed by atoms with van der Waals surface area (Å²) >= 11 is 0. The van der Waals surface area contributed by atoms with Gasteiger partial charge in [0.25, 0.3) is 0 Å². The van der Waals surface area contributed by atoms with Crippen molar-refractivity contribution < 1.29 is 30.8 Å². The Morgan fingerprint density at radius 2 is 1.79 bits per heavy atom. The summed E-state index contributed by atoms with van der Waals surface area (Å²) in [6.45, 7) is -1.53. The van der Waals surface area contributed by atoms with Crippen molar-refractivity contribution in [2.24, 2.45) is 5.92 Å². The van der Waals surface area contributed by atoms with E-state index < -0.39 is 45.3 Å². The summed E-state index contributed by atoms with van der Waals surface area (Å²) in [7, 11) is -4.03. The summed E-state index contributed by atoms with van der Waals surface area (Å²) in [5.41, 5.74) is 0. The minimum atomic E-state index is -4.50. The molecule has 1 saturated heterocycles. The number of benzene rings is 1. The Morgan fingerprint density at radius 3 is 2.33 bits per heavy atom. The molecule has 1 amide bonds. The van der Waals surface area contributed by atoms with Crippen molar-refractivity contribution in [1.29, 1.82) is 0 Å². The van der Waals surface area contributed by atoms with Gasteiger partial charge in [-0.2, -0.15) is 17.5 Å². The predicted molar refractivity (Wildman–Crippen MR) is 76.9 cm³/mol. The molecule has 0 bridgehead atoms. The first-order valence-electron chi connectivity index (χ1n) is 7.20. The van der Waals surface area contributed by atoms with E-state index in [1.54, 1.807) is 5.32 Å². The lowest BCUT2D eigenvalue weighted by Gasteiger charge is -2.30. The van der Waals surface area contributed by atoms with Crippen LogP contribution >= 0.6 is 0 Å². The topological polar surface area (TPSA) is 66.5 Å². The molecular formula is C14H16F4N2O3S. The molecule has 1 fully saturated rings. The fourth-order valence-corrected chi connectivity index (χ4v) is 4.02. The van der Waals surface area contributed by atoms with Crippen LogP contribution in [0, 0.1) is 11.7 Å². The first-order valence-corrected chi connectivity index (χ1v) is 8.64. The SMILES string of the molecule is O=C(NCC(F)(F)F)C1CCN(S(=O)(=O)c2ccccc2F)CC1. The number of halogens is 4. The van der Waals surface area contributed by atoms with Crippen LogP contribution in [0.3, 0.4) is 0 Å². The Labute approximate surface area is 136 Å². The molecule has 5 nitrogen and oxygen atoms in total. The van der Waals surface area contributed by atoms with Gasteiger partial charge >= 0.3 is 6.18 Å². The Bertz CT molecular complexity index is 698. The first kappa shape index (κ1) is 18.7. The maximum atomic E-state index is 13.7. The lowest BCUT2D eigenvalue weighted by Crippen LogP contribution is -2.44. The molecule has 1 aromatic carbocycles. The number of carbonyl (C=O) groups excluding carboxylic acids is 1. The Kier molecular flexibility index (Phi) is 5.49. The lowest BCUT2D eigenvalue weighted by atomic mass is 9.97. The van der Waals surface area contributed by atoms with Gasteiger partial charge in [-0.1, -0.05) is 12.1 Å². The van der Waals surface area contributed by atoms with Crippen molar-refractivity contribution in [1.82, 2.24) is 9.62 Å². The van der Waals surface area contributed by atoms with Gasteiger partial charge in [-0.25, -0.2) is 12.8 Å². The van der Waals surface area contributed by atoms with Crippen molar-refractivity contribution >= 4 is 15.9 Å². The molecule has 1 aliphatic heterocycles. The van der Waals surface area contributed by atoms with Crippen molar-refractivity contribution in [2.75, 3.05) is 19.6 Å². The highest BCUT2D eigenvalue weighted by molar-refractivity contribution is 7.89. The van der Waals surface area contributed by atoms with Gasteiger partial charge in [-0.05, 0) is 25.0 Å². The van der Waals surface area contributed by atoms with E-state index in [2.05, 4.69) is 0 Å². The largest absolute Gasteiger partial charge is 0.405 e. The zero-order chi connectivity index (χ0) is 18.0. The second-order valence-electron chi connectivity index (χ2n) is 5.44. The monoisotopic (exact) mass is 368 g/mol. The van der Waals surface area contributed by atoms with Crippen LogP contribution < -0.4 is 5.32 Å². The molecule has 0 spiro atoms. The quantitative estimate of drug-likeness (QED) is 0.826. The zero-order valence-corrected chi connectivity index (χ0v) is 13.3. The van der Waals surface area contributed by atoms with Crippen molar-refractivity contribution in [2.45, 2.75) is 23.9 Å². The Balaban J connectivity index is 1.97. The van der Waals surface area contributed by atoms with Gasteiger partial charge in [0.1, 0.15) is 17.3 Å². The number of nitrogens with zero attached hydrogens (tertiary/aromatic N) is 1. The van der Waals surface area contributed by atoms with Crippen LogP contribution in [0.4, 0.5) is 17.6 Å². The third-order valence-corrected chi connectivity index (χ3v) is 5.67. The van der Waals surface area contributed by atoms with E-state index in [1.807, 2.05) is 0 Å². The summed E-state index contributed by atoms with van der Waals surface area (Å²) in [5.74, 6) is -2.32. The van der Waals surface area contributed by atoms with E-state index in [0.29, 0.717) is 0 Å². The molecule has 1 aromatic rings. The van der Waals surface area contributed by atoms with Crippen LogP contribution in [0.15, 0.2) is 29.2 Å². The number of sulfonamides is 1. The highest BCUT2D eigenvalue weighted by atomic mass is 32.2. The minimum absolute atomic E-state index is 0.0548. The van der Waals surface area contributed by atoms with E-state index >= 15 is 0 Å². The highest BCUT2D eigenvalue weighted by Crippen LogP contribution is 2.25. The van der Waals surface area contributed by atoms with Gasteiger partial charge < -0.3 is 5.32 Å². The molecule has 10 heteroatoms. The van der Waals surface area contributed by atoms with E-state index in [4.69, 9.17) is 0 Å². The standard InChI is InChI=1S/C14H16F4N2O3S/c15-11-3-1-2-4-12(11)24(22,23)20-7-5-10(6-8-20)13(21)19-9-14(16,17)18/h1-4,10H,5-9H2,(H,19,21). The van der Waals surface area contributed by atoms with E-state index in [9.17, 15) is 30.8 Å². The summed E-state index contributed by atoms with van der Waals surface area (Å²) in [4.78, 5) is 11.2. The third-order valence-electron chi connectivity index (χ3n) is 3.74. The Hall–Kier alpha value is -1.68. The molecule has 0 aliphatic carbocycles. The second-order valence-corrected chi connectivity index (χ2v) is 7.35. The maximum absolute atomic E-state index is 13.7. The van der Waals surface area contributed by atoms with Gasteiger partial charge in [-0.3, -0.25) is 4.79 Å². The van der Waals surface area contributed by atoms with E-state index in [1.165, 1.54) is 12.1 Å². The predicted octanol–water partition coefficient (Wildman–Crippen LogP) is 1.90. The lowest BCUT2D eigenvalue weighted by molar-refractivity contribution is -0.141. The fraction of sp³-hybridized carbons (Fsp3) is 0.500. The van der Waals surface area contributed by atoms with E-state index in [0.717, 1.165) is 16.4 Å². The number of alkyl halides is 3. The van der Waals surface area contributed by atoms with Crippen molar-refractivity contribution in [3.05, 3.63) is 30.1 Å². The second kappa shape index (κ2) is 7.06. The number of rotatable bonds is 4. The van der Waals surface area contributed by atoms with E-state index in [-0.39, 0.29) is 25.9 Å². The molecule has 1 heterocycles. The molecule has 0 atom stereocenters. The summed E-state index contributed by atoms with van der Waals surface area (Å²) in [6.07, 6.45) is -4.33. The maximum Gasteiger partial charge on any atom is 0.405 e. The molecule has 2 rings (SSSR count). The number of carbonyl (C=O) groups is 1. The molecule has 0 radical (unpaired) electrons. The van der Waals surface area contributed by atoms with Crippen LogP contribution in [0.25, 0.3) is 0 Å². The number of piperidine rings is 1. The average molecular weight is 368 g/mol. The van der Waals surface area contributed by atoms with Crippen molar-refractivity contribution in [3.63, 3.8) is 0 Å². The van der Waals surface area contributed by atoms with Crippen LogP contribution in [0.1, 0.15) is 12.8 Å². The number of hydrogen-bond acceptors (Lipinski definition) is 3. The highest BCUT2D eigenvalue weighted by Gasteiger charge is 2.35. The first-order chi connectivity index (χ1) is 11.1. The summed E-state index contributed by atoms with van der Waals surface area (Å²) in [5, 5.41) is 1.79. The van der Waals surface area contributed by atoms with Crippen LogP contribution in [0.2, 0.25) is 0 Å². The van der Waals surface area contributed by atoms with Crippen LogP contribution in [-0.4, -0.2) is 44.4 Å². The van der Waals surface area contributed by atoms with Gasteiger partial charge in [0.2, 0.25) is 15.9 Å². The van der Waals surface area contributed by atoms with Gasteiger partial charge in [0.15, 0.2) is 0 Å². The molecule has 24 heavy (non-hydrogen) atoms. The van der Waals surface area contributed by atoms with Gasteiger partial charge in [-0.15, -0.1) is 0 Å².